The van der Waals surface area contributed by atoms with Crippen LogP contribution in [0.5, 0.6) is 0 Å². The average Bonchev–Trinajstić information content (AvgIpc) is 2.87. The van der Waals surface area contributed by atoms with Crippen LogP contribution in [0.1, 0.15) is 31.4 Å². The van der Waals surface area contributed by atoms with Crippen molar-refractivity contribution in [3.8, 4) is 0 Å². The third-order valence-electron chi connectivity index (χ3n) is 3.64. The Kier molecular flexibility index (Phi) is 5.91. The van der Waals surface area contributed by atoms with Crippen LogP contribution < -0.4 is 0 Å². The molecular weight excluding hydrogens is 274 g/mol. The van der Waals surface area contributed by atoms with Crippen LogP contribution in [0, 0.1) is 0 Å². The first-order chi connectivity index (χ1) is 9.69. The normalized spacial score (nSPS) is 20.1. The summed E-state index contributed by atoms with van der Waals surface area (Å²) in [6.07, 6.45) is 4.13. The molecule has 1 fully saturated rings. The van der Waals surface area contributed by atoms with Gasteiger partial charge in [-0.05, 0) is 31.2 Å². The molecule has 1 aromatic heterocycles. The molecule has 0 radical (unpaired) electrons. The fourth-order valence-corrected chi connectivity index (χ4v) is 3.34. The highest BCUT2D eigenvalue weighted by molar-refractivity contribution is 7.99. The molecule has 1 N–H and O–H groups in total. The fraction of sp³-hybridized carbons (Fsp3) is 0.714. The number of nitrogens with zero attached hydrogens (tertiary/aromatic N) is 3. The van der Waals surface area contributed by atoms with Crippen LogP contribution in [0.15, 0.2) is 12.3 Å². The van der Waals surface area contributed by atoms with Gasteiger partial charge >= 0.3 is 5.97 Å². The van der Waals surface area contributed by atoms with Gasteiger partial charge in [0.2, 0.25) is 0 Å². The second kappa shape index (κ2) is 7.69. The monoisotopic (exact) mass is 297 g/mol. The largest absolute Gasteiger partial charge is 0.480 e. The van der Waals surface area contributed by atoms with E-state index in [1.54, 1.807) is 6.20 Å². The molecule has 6 heteroatoms. The number of hydrogen-bond acceptors (Lipinski definition) is 4. The Labute approximate surface area is 124 Å². The molecule has 1 saturated heterocycles. The van der Waals surface area contributed by atoms with Crippen LogP contribution in [-0.2, 0) is 11.3 Å². The molecule has 0 spiro atoms. The Bertz CT molecular complexity index is 436. The summed E-state index contributed by atoms with van der Waals surface area (Å²) >= 11 is 1.98. The maximum atomic E-state index is 10.7. The van der Waals surface area contributed by atoms with Crippen LogP contribution in [0.3, 0.4) is 0 Å². The van der Waals surface area contributed by atoms with Crippen molar-refractivity contribution in [1.82, 2.24) is 14.7 Å². The van der Waals surface area contributed by atoms with Crippen molar-refractivity contribution in [2.75, 3.05) is 31.1 Å². The molecule has 1 aliphatic heterocycles. The Morgan fingerprint density at radius 2 is 2.45 bits per heavy atom. The summed E-state index contributed by atoms with van der Waals surface area (Å²) in [7, 11) is 0. The van der Waals surface area contributed by atoms with Gasteiger partial charge in [0, 0.05) is 31.0 Å². The van der Waals surface area contributed by atoms with Gasteiger partial charge in [0.15, 0.2) is 0 Å². The van der Waals surface area contributed by atoms with Crippen molar-refractivity contribution in [3.63, 3.8) is 0 Å². The zero-order valence-corrected chi connectivity index (χ0v) is 12.8. The highest BCUT2D eigenvalue weighted by Crippen LogP contribution is 2.25. The molecule has 0 aromatic carbocycles. The first kappa shape index (κ1) is 15.4. The number of hydrogen-bond donors (Lipinski definition) is 1. The summed E-state index contributed by atoms with van der Waals surface area (Å²) in [6, 6.07) is 1.97. The van der Waals surface area contributed by atoms with Gasteiger partial charge in [-0.1, -0.05) is 6.92 Å². The van der Waals surface area contributed by atoms with Gasteiger partial charge in [0.1, 0.15) is 6.54 Å². The second-order valence-corrected chi connectivity index (χ2v) is 6.56. The standard InChI is InChI=1S/C14H23N3O2S/c1-2-20-9-8-16-6-3-4-12(10-16)13-5-7-17(15-13)11-14(18)19/h5,7,12H,2-4,6,8-11H2,1H3,(H,18,19)/t12-/m1/s1. The van der Waals surface area contributed by atoms with Gasteiger partial charge in [0.25, 0.3) is 0 Å². The molecule has 0 amide bonds. The van der Waals surface area contributed by atoms with E-state index < -0.39 is 5.97 Å². The molecule has 2 heterocycles. The maximum Gasteiger partial charge on any atom is 0.325 e. The number of carboxylic acids is 1. The van der Waals surface area contributed by atoms with Crippen LogP contribution in [0.25, 0.3) is 0 Å². The first-order valence-corrected chi connectivity index (χ1v) is 8.39. The van der Waals surface area contributed by atoms with Crippen molar-refractivity contribution in [1.29, 1.82) is 0 Å². The Balaban J connectivity index is 1.88. The summed E-state index contributed by atoms with van der Waals surface area (Å²) in [5, 5.41) is 13.2. The van der Waals surface area contributed by atoms with Gasteiger partial charge < -0.3 is 10.0 Å². The predicted molar refractivity (Wildman–Crippen MR) is 81.3 cm³/mol. The lowest BCUT2D eigenvalue weighted by molar-refractivity contribution is -0.137. The van der Waals surface area contributed by atoms with E-state index in [0.717, 1.165) is 25.2 Å². The molecule has 2 rings (SSSR count). The van der Waals surface area contributed by atoms with Crippen LogP contribution >= 0.6 is 11.8 Å². The molecule has 0 aliphatic carbocycles. The number of aliphatic carboxylic acids is 1. The lowest BCUT2D eigenvalue weighted by Crippen LogP contribution is -2.36. The molecule has 1 aromatic rings. The predicted octanol–water partition coefficient (Wildman–Crippen LogP) is 1.90. The summed E-state index contributed by atoms with van der Waals surface area (Å²) in [5.74, 6) is 1.97. The molecule has 20 heavy (non-hydrogen) atoms. The Morgan fingerprint density at radius 1 is 1.60 bits per heavy atom. The van der Waals surface area contributed by atoms with Crippen LogP contribution in [0.2, 0.25) is 0 Å². The zero-order valence-electron chi connectivity index (χ0n) is 12.0. The maximum absolute atomic E-state index is 10.7. The summed E-state index contributed by atoms with van der Waals surface area (Å²) in [5.41, 5.74) is 1.04. The number of aromatic nitrogens is 2. The Hall–Kier alpha value is -1.01. The quantitative estimate of drug-likeness (QED) is 0.779. The van der Waals surface area contributed by atoms with E-state index in [1.807, 2.05) is 17.8 Å². The van der Waals surface area contributed by atoms with Crippen molar-refractivity contribution >= 4 is 17.7 Å². The van der Waals surface area contributed by atoms with E-state index in [4.69, 9.17) is 5.11 Å². The second-order valence-electron chi connectivity index (χ2n) is 5.17. The summed E-state index contributed by atoms with van der Waals surface area (Å²) in [6.45, 7) is 5.51. The van der Waals surface area contributed by atoms with Crippen LogP contribution in [0.4, 0.5) is 0 Å². The third kappa shape index (κ3) is 4.52. The molecule has 1 aliphatic rings. The van der Waals surface area contributed by atoms with E-state index in [1.165, 1.54) is 29.2 Å². The van der Waals surface area contributed by atoms with Crippen molar-refractivity contribution in [3.05, 3.63) is 18.0 Å². The van der Waals surface area contributed by atoms with Gasteiger partial charge in [-0.25, -0.2) is 0 Å². The SMILES string of the molecule is CCSCCN1CCC[C@@H](c2ccn(CC(=O)O)n2)C1. The topological polar surface area (TPSA) is 58.4 Å². The van der Waals surface area contributed by atoms with Gasteiger partial charge in [0.05, 0.1) is 5.69 Å². The first-order valence-electron chi connectivity index (χ1n) is 7.24. The third-order valence-corrected chi connectivity index (χ3v) is 4.52. The molecular formula is C14H23N3O2S. The molecule has 0 bridgehead atoms. The molecule has 0 unspecified atom stereocenters. The zero-order chi connectivity index (χ0) is 14.4. The smallest absolute Gasteiger partial charge is 0.325 e. The minimum absolute atomic E-state index is 0.0520. The van der Waals surface area contributed by atoms with Crippen molar-refractivity contribution in [2.24, 2.45) is 0 Å². The van der Waals surface area contributed by atoms with Crippen LogP contribution in [-0.4, -0.2) is 56.9 Å². The van der Waals surface area contributed by atoms with Crippen molar-refractivity contribution in [2.45, 2.75) is 32.2 Å². The highest BCUT2D eigenvalue weighted by atomic mass is 32.2. The van der Waals surface area contributed by atoms with Crippen molar-refractivity contribution < 1.29 is 9.90 Å². The molecule has 112 valence electrons. The number of carboxylic acid groups (broad SMARTS) is 1. The molecule has 5 nitrogen and oxygen atoms in total. The van der Waals surface area contributed by atoms with E-state index in [2.05, 4.69) is 16.9 Å². The highest BCUT2D eigenvalue weighted by Gasteiger charge is 2.22. The lowest BCUT2D eigenvalue weighted by Gasteiger charge is -2.31. The Morgan fingerprint density at radius 3 is 3.20 bits per heavy atom. The van der Waals surface area contributed by atoms with Gasteiger partial charge in [-0.2, -0.15) is 16.9 Å². The number of piperidine rings is 1. The minimum atomic E-state index is -0.846. The average molecular weight is 297 g/mol. The number of likely N-dealkylation sites (tertiary alicyclic amines) is 1. The number of thioether (sulfide) groups is 1. The van der Waals surface area contributed by atoms with Gasteiger partial charge in [-0.15, -0.1) is 0 Å². The van der Waals surface area contributed by atoms with E-state index in [9.17, 15) is 4.79 Å². The number of rotatable bonds is 7. The number of carbonyl (C=O) groups is 1. The fourth-order valence-electron chi connectivity index (χ4n) is 2.66. The van der Waals surface area contributed by atoms with Gasteiger partial charge in [-0.3, -0.25) is 9.48 Å². The minimum Gasteiger partial charge on any atom is -0.480 e. The summed E-state index contributed by atoms with van der Waals surface area (Å²) < 4.78 is 1.52. The van der Waals surface area contributed by atoms with E-state index in [0.29, 0.717) is 5.92 Å². The summed E-state index contributed by atoms with van der Waals surface area (Å²) in [4.78, 5) is 13.2. The van der Waals surface area contributed by atoms with E-state index in [-0.39, 0.29) is 6.54 Å². The van der Waals surface area contributed by atoms with E-state index >= 15 is 0 Å². The molecule has 1 atom stereocenters. The lowest BCUT2D eigenvalue weighted by atomic mass is 9.95. The molecule has 0 saturated carbocycles.